The summed E-state index contributed by atoms with van der Waals surface area (Å²) in [4.78, 5) is 15.0. The van der Waals surface area contributed by atoms with Gasteiger partial charge in [-0.05, 0) is 48.1 Å². The van der Waals surface area contributed by atoms with Gasteiger partial charge in [-0.1, -0.05) is 102 Å². The maximum absolute atomic E-state index is 14.6. The van der Waals surface area contributed by atoms with Crippen LogP contribution in [-0.2, 0) is 17.8 Å². The maximum atomic E-state index is 14.6. The van der Waals surface area contributed by atoms with Crippen LogP contribution in [-0.4, -0.2) is 23.3 Å². The van der Waals surface area contributed by atoms with Crippen molar-refractivity contribution in [3.05, 3.63) is 70.5 Å². The van der Waals surface area contributed by atoms with E-state index in [1.54, 1.807) is 23.9 Å². The van der Waals surface area contributed by atoms with Crippen molar-refractivity contribution in [2.45, 2.75) is 104 Å². The van der Waals surface area contributed by atoms with Crippen LogP contribution in [0.1, 0.15) is 102 Å². The molecular formula is C33H47FN2O2S. The highest BCUT2D eigenvalue weighted by Crippen LogP contribution is 2.27. The molecule has 1 aliphatic heterocycles. The molecule has 4 nitrogen and oxygen atoms in total. The molecule has 2 aromatic rings. The molecular weight excluding hydrogens is 507 g/mol. The van der Waals surface area contributed by atoms with Crippen LogP contribution >= 0.6 is 11.8 Å². The average Bonchev–Trinajstić information content (AvgIpc) is 3.33. The minimum Gasteiger partial charge on any atom is -0.491 e. The number of unbranched alkanes of at least 4 members (excludes halogenated alkanes) is 11. The summed E-state index contributed by atoms with van der Waals surface area (Å²) in [5.74, 6) is 0.615. The molecule has 214 valence electrons. The van der Waals surface area contributed by atoms with Crippen molar-refractivity contribution in [2.75, 3.05) is 17.8 Å². The Morgan fingerprint density at radius 2 is 1.62 bits per heavy atom. The van der Waals surface area contributed by atoms with Gasteiger partial charge >= 0.3 is 0 Å². The minimum absolute atomic E-state index is 0.114. The molecule has 1 N–H and O–H groups in total. The Balaban J connectivity index is 1.32. The number of allylic oxidation sites excluding steroid dienone is 1. The lowest BCUT2D eigenvalue weighted by Crippen LogP contribution is -2.20. The van der Waals surface area contributed by atoms with E-state index in [1.807, 2.05) is 24.3 Å². The summed E-state index contributed by atoms with van der Waals surface area (Å²) in [6, 6.07) is 12.7. The third kappa shape index (κ3) is 11.7. The first kappa shape index (κ1) is 31.1. The van der Waals surface area contributed by atoms with Crippen molar-refractivity contribution in [1.29, 1.82) is 0 Å². The highest BCUT2D eigenvalue weighted by Gasteiger charge is 2.15. The molecule has 0 saturated heterocycles. The van der Waals surface area contributed by atoms with E-state index in [0.29, 0.717) is 12.2 Å². The molecule has 0 bridgehead atoms. The zero-order valence-electron chi connectivity index (χ0n) is 24.0. The third-order valence-corrected chi connectivity index (χ3v) is 8.22. The predicted octanol–water partition coefficient (Wildman–Crippen LogP) is 9.45. The van der Waals surface area contributed by atoms with Gasteiger partial charge in [0.1, 0.15) is 0 Å². The van der Waals surface area contributed by atoms with Crippen LogP contribution in [0, 0.1) is 5.82 Å². The summed E-state index contributed by atoms with van der Waals surface area (Å²) in [7, 11) is 0. The second-order valence-electron chi connectivity index (χ2n) is 10.6. The molecule has 39 heavy (non-hydrogen) atoms. The number of hydrogen-bond acceptors (Lipinski definition) is 4. The summed E-state index contributed by atoms with van der Waals surface area (Å²) >= 11 is 1.78. The standard InChI is InChI=1S/C33H47FN2O2S/c1-3-4-5-6-7-8-9-10-11-12-13-16-21-38-32-20-19-28(22-30(32)34)23-33(37)35-31-18-15-14-17-29(31)24-36-26-39-25-27(36)2/h14-15,17-20,22,25H,3-13,16,21,23-24,26H2,1-2H3,(H,35,37). The van der Waals surface area contributed by atoms with E-state index in [1.165, 1.54) is 76.0 Å². The third-order valence-electron chi connectivity index (χ3n) is 7.25. The number of benzene rings is 2. The van der Waals surface area contributed by atoms with Gasteiger partial charge in [-0.3, -0.25) is 4.79 Å². The van der Waals surface area contributed by atoms with Gasteiger partial charge in [-0.25, -0.2) is 4.39 Å². The van der Waals surface area contributed by atoms with Crippen LogP contribution in [0.15, 0.2) is 53.6 Å². The maximum Gasteiger partial charge on any atom is 0.228 e. The van der Waals surface area contributed by atoms with Crippen molar-refractivity contribution in [3.63, 3.8) is 0 Å². The van der Waals surface area contributed by atoms with Crippen LogP contribution in [0.2, 0.25) is 0 Å². The van der Waals surface area contributed by atoms with Gasteiger partial charge in [0, 0.05) is 17.9 Å². The Hall–Kier alpha value is -2.47. The zero-order chi connectivity index (χ0) is 27.7. The molecule has 0 radical (unpaired) electrons. The largest absolute Gasteiger partial charge is 0.491 e. The molecule has 0 aliphatic carbocycles. The van der Waals surface area contributed by atoms with E-state index in [4.69, 9.17) is 4.74 Å². The van der Waals surface area contributed by atoms with Crippen LogP contribution in [0.25, 0.3) is 0 Å². The Kier molecular flexibility index (Phi) is 14.3. The Morgan fingerprint density at radius 1 is 0.949 bits per heavy atom. The molecule has 0 unspecified atom stereocenters. The van der Waals surface area contributed by atoms with Gasteiger partial charge in [0.05, 0.1) is 18.9 Å². The number of nitrogens with one attached hydrogen (secondary N) is 1. The van der Waals surface area contributed by atoms with Crippen LogP contribution in [0.3, 0.4) is 0 Å². The Bertz CT molecular complexity index is 1040. The number of halogens is 1. The quantitative estimate of drug-likeness (QED) is 0.176. The molecule has 0 atom stereocenters. The monoisotopic (exact) mass is 554 g/mol. The number of rotatable bonds is 19. The van der Waals surface area contributed by atoms with E-state index >= 15 is 0 Å². The minimum atomic E-state index is -0.409. The van der Waals surface area contributed by atoms with Gasteiger partial charge in [0.25, 0.3) is 0 Å². The van der Waals surface area contributed by atoms with Crippen molar-refractivity contribution >= 4 is 23.4 Å². The SMILES string of the molecule is CCCCCCCCCCCCCCOc1ccc(CC(=O)Nc2ccccc2CN2CSC=C2C)cc1F. The summed E-state index contributed by atoms with van der Waals surface area (Å²) in [5.41, 5.74) is 3.73. The van der Waals surface area contributed by atoms with E-state index in [2.05, 4.69) is 29.5 Å². The molecule has 6 heteroatoms. The van der Waals surface area contributed by atoms with Crippen LogP contribution < -0.4 is 10.1 Å². The number of anilines is 1. The zero-order valence-corrected chi connectivity index (χ0v) is 24.8. The summed E-state index contributed by atoms with van der Waals surface area (Å²) in [6.45, 7) is 5.62. The highest BCUT2D eigenvalue weighted by molar-refractivity contribution is 8.02. The smallest absolute Gasteiger partial charge is 0.228 e. The Morgan fingerprint density at radius 3 is 2.26 bits per heavy atom. The lowest BCUT2D eigenvalue weighted by Gasteiger charge is -2.21. The van der Waals surface area contributed by atoms with Gasteiger partial charge in [-0.15, -0.1) is 11.8 Å². The molecule has 0 fully saturated rings. The van der Waals surface area contributed by atoms with Crippen LogP contribution in [0.4, 0.5) is 10.1 Å². The fourth-order valence-electron chi connectivity index (χ4n) is 4.86. The lowest BCUT2D eigenvalue weighted by molar-refractivity contribution is -0.115. The van der Waals surface area contributed by atoms with Crippen molar-refractivity contribution < 1.29 is 13.9 Å². The van der Waals surface area contributed by atoms with E-state index in [0.717, 1.165) is 36.5 Å². The Labute approximate surface area is 239 Å². The topological polar surface area (TPSA) is 41.6 Å². The first-order valence-corrected chi connectivity index (χ1v) is 15.9. The molecule has 0 spiro atoms. The molecule has 1 amide bonds. The van der Waals surface area contributed by atoms with Crippen LogP contribution in [0.5, 0.6) is 5.75 Å². The molecule has 2 aromatic carbocycles. The number of nitrogens with zero attached hydrogens (tertiary/aromatic N) is 1. The fraction of sp³-hybridized carbons (Fsp3) is 0.545. The molecule has 1 heterocycles. The van der Waals surface area contributed by atoms with Gasteiger partial charge in [0.2, 0.25) is 5.91 Å². The number of amides is 1. The summed E-state index contributed by atoms with van der Waals surface area (Å²) < 4.78 is 20.3. The number of carbonyl (C=O) groups is 1. The van der Waals surface area contributed by atoms with Crippen molar-refractivity contribution in [2.24, 2.45) is 0 Å². The van der Waals surface area contributed by atoms with E-state index in [9.17, 15) is 9.18 Å². The number of carbonyl (C=O) groups excluding carboxylic acids is 1. The van der Waals surface area contributed by atoms with Gasteiger partial charge in [0.15, 0.2) is 11.6 Å². The number of ether oxygens (including phenoxy) is 1. The normalized spacial score (nSPS) is 13.0. The van der Waals surface area contributed by atoms with Crippen molar-refractivity contribution in [3.8, 4) is 5.75 Å². The van der Waals surface area contributed by atoms with E-state index < -0.39 is 5.82 Å². The highest BCUT2D eigenvalue weighted by atomic mass is 32.2. The second kappa shape index (κ2) is 18.0. The fourth-order valence-corrected chi connectivity index (χ4v) is 5.80. The first-order valence-electron chi connectivity index (χ1n) is 14.9. The van der Waals surface area contributed by atoms with E-state index in [-0.39, 0.29) is 18.1 Å². The first-order chi connectivity index (χ1) is 19.1. The molecule has 3 rings (SSSR count). The summed E-state index contributed by atoms with van der Waals surface area (Å²) in [6.07, 6.45) is 15.5. The summed E-state index contributed by atoms with van der Waals surface area (Å²) in [5, 5.41) is 5.17. The number of para-hydroxylation sites is 1. The average molecular weight is 555 g/mol. The molecule has 1 aliphatic rings. The van der Waals surface area contributed by atoms with Crippen molar-refractivity contribution in [1.82, 2.24) is 4.90 Å². The predicted molar refractivity (Wildman–Crippen MR) is 164 cm³/mol. The lowest BCUT2D eigenvalue weighted by atomic mass is 10.1. The van der Waals surface area contributed by atoms with Gasteiger partial charge in [-0.2, -0.15) is 0 Å². The number of hydrogen-bond donors (Lipinski definition) is 1. The number of thioether (sulfide) groups is 1. The second-order valence-corrected chi connectivity index (χ2v) is 11.5. The molecule has 0 saturated carbocycles. The van der Waals surface area contributed by atoms with Gasteiger partial charge < -0.3 is 15.0 Å². The molecule has 0 aromatic heterocycles.